The minimum atomic E-state index is -1.45. The number of fused-ring (bicyclic) bond motifs is 2. The Bertz CT molecular complexity index is 1470. The monoisotopic (exact) mass is 546 g/mol. The molecule has 5 unspecified atom stereocenters. The zero-order valence-corrected chi connectivity index (χ0v) is 22.6. The molecule has 0 fully saturated rings. The van der Waals surface area contributed by atoms with E-state index in [2.05, 4.69) is 0 Å². The van der Waals surface area contributed by atoms with E-state index in [9.17, 15) is 14.7 Å². The maximum absolute atomic E-state index is 14.3. The molecule has 2 aromatic rings. The van der Waals surface area contributed by atoms with Crippen LogP contribution in [-0.4, -0.2) is 50.6 Å². The second-order valence-electron chi connectivity index (χ2n) is 10.4. The lowest BCUT2D eigenvalue weighted by Crippen LogP contribution is -2.51. The molecule has 0 saturated heterocycles. The predicted octanol–water partition coefficient (Wildman–Crippen LogP) is 4.00. The summed E-state index contributed by atoms with van der Waals surface area (Å²) in [6.45, 7) is 3.65. The average Bonchev–Trinajstić information content (AvgIpc) is 3.60. The Balaban J connectivity index is 1.54. The summed E-state index contributed by atoms with van der Waals surface area (Å²) >= 11 is 0. The number of hydrogen-bond acceptors (Lipinski definition) is 9. The summed E-state index contributed by atoms with van der Waals surface area (Å²) < 4.78 is 34.8. The van der Waals surface area contributed by atoms with Crippen molar-refractivity contribution in [2.75, 3.05) is 27.6 Å². The Morgan fingerprint density at radius 1 is 1.05 bits per heavy atom. The number of Topliss-reactive ketones (excluding diaryl/α,β-unsaturated/α-hetero) is 1. The van der Waals surface area contributed by atoms with Gasteiger partial charge in [-0.3, -0.25) is 4.79 Å². The number of allylic oxidation sites excluding steroid dienone is 2. The van der Waals surface area contributed by atoms with E-state index in [1.54, 1.807) is 18.2 Å². The van der Waals surface area contributed by atoms with E-state index >= 15 is 0 Å². The second kappa shape index (κ2) is 9.75. The number of benzene rings is 2. The predicted molar refractivity (Wildman–Crippen MR) is 143 cm³/mol. The topological polar surface area (TPSA) is 110 Å². The van der Waals surface area contributed by atoms with Crippen molar-refractivity contribution in [2.24, 2.45) is 11.8 Å². The zero-order valence-electron chi connectivity index (χ0n) is 22.6. The number of ether oxygens (including phenoxy) is 6. The van der Waals surface area contributed by atoms with Crippen LogP contribution >= 0.6 is 0 Å². The fraction of sp³-hybridized carbons (Fsp3) is 0.355. The third kappa shape index (κ3) is 3.71. The van der Waals surface area contributed by atoms with Crippen LogP contribution in [-0.2, 0) is 29.2 Å². The Morgan fingerprint density at radius 3 is 2.55 bits per heavy atom. The molecule has 208 valence electrons. The summed E-state index contributed by atoms with van der Waals surface area (Å²) in [5.41, 5.74) is 0.861. The van der Waals surface area contributed by atoms with Crippen LogP contribution in [0.1, 0.15) is 36.6 Å². The molecule has 2 aliphatic heterocycles. The van der Waals surface area contributed by atoms with E-state index < -0.39 is 35.3 Å². The van der Waals surface area contributed by atoms with Gasteiger partial charge in [-0.1, -0.05) is 44.2 Å². The lowest BCUT2D eigenvalue weighted by Gasteiger charge is -2.43. The summed E-state index contributed by atoms with van der Waals surface area (Å²) in [6.07, 6.45) is 2.78. The van der Waals surface area contributed by atoms with E-state index in [1.807, 2.05) is 44.2 Å². The van der Waals surface area contributed by atoms with E-state index in [1.165, 1.54) is 20.3 Å². The zero-order chi connectivity index (χ0) is 28.2. The van der Waals surface area contributed by atoms with E-state index in [0.717, 1.165) is 5.56 Å². The first kappa shape index (κ1) is 26.0. The molecule has 2 aliphatic carbocycles. The summed E-state index contributed by atoms with van der Waals surface area (Å²) in [5.74, 6) is -0.426. The highest BCUT2D eigenvalue weighted by molar-refractivity contribution is 6.08. The molecule has 2 aromatic carbocycles. The number of aliphatic hydroxyl groups is 1. The van der Waals surface area contributed by atoms with Gasteiger partial charge < -0.3 is 33.5 Å². The molecule has 4 aliphatic rings. The van der Waals surface area contributed by atoms with Crippen LogP contribution in [0.3, 0.4) is 0 Å². The van der Waals surface area contributed by atoms with Crippen LogP contribution in [0, 0.1) is 11.8 Å². The van der Waals surface area contributed by atoms with Gasteiger partial charge in [0, 0.05) is 23.1 Å². The van der Waals surface area contributed by atoms with Gasteiger partial charge in [-0.25, -0.2) is 4.79 Å². The molecule has 1 spiro atoms. The van der Waals surface area contributed by atoms with Crippen molar-refractivity contribution in [3.63, 3.8) is 0 Å². The Hall–Kier alpha value is -4.24. The lowest BCUT2D eigenvalue weighted by molar-refractivity contribution is -0.148. The van der Waals surface area contributed by atoms with Crippen molar-refractivity contribution in [3.8, 4) is 17.2 Å². The van der Waals surface area contributed by atoms with Crippen LogP contribution in [0.5, 0.6) is 17.2 Å². The summed E-state index contributed by atoms with van der Waals surface area (Å²) in [6, 6.07) is 11.2. The molecule has 0 amide bonds. The molecule has 40 heavy (non-hydrogen) atoms. The molecule has 0 saturated carbocycles. The third-order valence-corrected chi connectivity index (χ3v) is 8.42. The van der Waals surface area contributed by atoms with Crippen LogP contribution in [0.4, 0.5) is 0 Å². The van der Waals surface area contributed by atoms with Gasteiger partial charge in [-0.2, -0.15) is 0 Å². The van der Waals surface area contributed by atoms with Gasteiger partial charge in [0.25, 0.3) is 0 Å². The fourth-order valence-corrected chi connectivity index (χ4v) is 6.14. The Labute approximate surface area is 231 Å². The van der Waals surface area contributed by atoms with Gasteiger partial charge in [0.1, 0.15) is 18.1 Å². The third-order valence-electron chi connectivity index (χ3n) is 8.42. The summed E-state index contributed by atoms with van der Waals surface area (Å²) in [7, 11) is 2.84. The highest BCUT2D eigenvalue weighted by atomic mass is 16.7. The van der Waals surface area contributed by atoms with E-state index in [-0.39, 0.29) is 30.8 Å². The van der Waals surface area contributed by atoms with Crippen LogP contribution in [0.25, 0.3) is 6.08 Å². The summed E-state index contributed by atoms with van der Waals surface area (Å²) in [4.78, 5) is 27.5. The number of carbonyl (C=O) groups is 2. The highest BCUT2D eigenvalue weighted by Gasteiger charge is 2.61. The summed E-state index contributed by atoms with van der Waals surface area (Å²) in [5, 5.41) is 11.8. The van der Waals surface area contributed by atoms with Crippen molar-refractivity contribution in [3.05, 3.63) is 82.3 Å². The number of esters is 1. The molecule has 0 bridgehead atoms. The van der Waals surface area contributed by atoms with Gasteiger partial charge in [-0.05, 0) is 35.3 Å². The Morgan fingerprint density at radius 2 is 1.82 bits per heavy atom. The number of methoxy groups -OCH3 is 2. The molecule has 5 atom stereocenters. The molecule has 1 N–H and O–H groups in total. The first-order valence-corrected chi connectivity index (χ1v) is 13.1. The highest BCUT2D eigenvalue weighted by Crippen LogP contribution is 2.61. The molecular weight excluding hydrogens is 516 g/mol. The van der Waals surface area contributed by atoms with Crippen LogP contribution < -0.4 is 14.2 Å². The Kier molecular flexibility index (Phi) is 6.34. The van der Waals surface area contributed by atoms with Gasteiger partial charge in [-0.15, -0.1) is 0 Å². The fourth-order valence-electron chi connectivity index (χ4n) is 6.14. The molecule has 9 heteroatoms. The van der Waals surface area contributed by atoms with Crippen molar-refractivity contribution < 1.29 is 43.1 Å². The number of rotatable bonds is 5. The molecular formula is C31H30O9. The number of carbonyl (C=O) groups excluding carboxylic acids is 2. The van der Waals surface area contributed by atoms with Crippen molar-refractivity contribution in [1.29, 1.82) is 0 Å². The first-order chi connectivity index (χ1) is 19.3. The minimum absolute atomic E-state index is 0.0131. The largest absolute Gasteiger partial charge is 0.493 e. The molecule has 9 nitrogen and oxygen atoms in total. The van der Waals surface area contributed by atoms with Crippen LogP contribution in [0.2, 0.25) is 0 Å². The number of aliphatic hydroxyl groups excluding tert-OH is 1. The van der Waals surface area contributed by atoms with Crippen LogP contribution in [0.15, 0.2) is 65.6 Å². The van der Waals surface area contributed by atoms with E-state index in [0.29, 0.717) is 33.9 Å². The molecule has 0 aromatic heterocycles. The molecule has 0 radical (unpaired) electrons. The maximum atomic E-state index is 14.3. The van der Waals surface area contributed by atoms with Crippen molar-refractivity contribution >= 4 is 17.8 Å². The number of hydrogen-bond donors (Lipinski definition) is 1. The number of ketones is 1. The molecule has 6 rings (SSSR count). The van der Waals surface area contributed by atoms with E-state index in [4.69, 9.17) is 28.4 Å². The smallest absolute Gasteiger partial charge is 0.331 e. The van der Waals surface area contributed by atoms with Gasteiger partial charge in [0.05, 0.1) is 20.3 Å². The first-order valence-electron chi connectivity index (χ1n) is 13.1. The standard InChI is InChI=1S/C31H30O9/c1-16-17(2)26(40-23(32)11-10-18-8-6-5-7-9-18)19-12-22-27(39-15-38-22)29-24(19)31(14-37-29)20(25(16)33)13-21(35-3)28(36-4)30(31)34/h5-13,16-17,25-26,33H,14-15H2,1-4H3/b11-10+. The van der Waals surface area contributed by atoms with Gasteiger partial charge in [0.2, 0.25) is 24.1 Å². The normalized spacial score (nSPS) is 28.2. The SMILES string of the molecule is COC1=C(OC)C(=O)C23COc4c5c(cc(c42)C(OC(=O)/C=C/c2ccccc2)C(C)C(C)C(O)C3=C1)OCO5. The van der Waals surface area contributed by atoms with Gasteiger partial charge >= 0.3 is 5.97 Å². The molecule has 2 heterocycles. The van der Waals surface area contributed by atoms with Crippen molar-refractivity contribution in [2.45, 2.75) is 31.5 Å². The van der Waals surface area contributed by atoms with Gasteiger partial charge in [0.15, 0.2) is 17.3 Å². The minimum Gasteiger partial charge on any atom is -0.493 e. The average molecular weight is 547 g/mol. The second-order valence-corrected chi connectivity index (χ2v) is 10.4. The quantitative estimate of drug-likeness (QED) is 0.440. The lowest BCUT2D eigenvalue weighted by atomic mass is 9.61. The maximum Gasteiger partial charge on any atom is 0.331 e. The van der Waals surface area contributed by atoms with Crippen molar-refractivity contribution in [1.82, 2.24) is 0 Å².